The van der Waals surface area contributed by atoms with Crippen LogP contribution in [-0.4, -0.2) is 31.5 Å². The Balaban J connectivity index is 1.71. The van der Waals surface area contributed by atoms with Gasteiger partial charge in [-0.25, -0.2) is 0 Å². The molecule has 6 nitrogen and oxygen atoms in total. The number of furan rings is 1. The highest BCUT2D eigenvalue weighted by Gasteiger charge is 2.10. The summed E-state index contributed by atoms with van der Waals surface area (Å²) in [5.74, 6) is 0.449. The predicted molar refractivity (Wildman–Crippen MR) is 90.2 cm³/mol. The van der Waals surface area contributed by atoms with Gasteiger partial charge in [0.25, 0.3) is 11.8 Å². The fraction of sp³-hybridized carbons (Fsp3) is 0.333. The molecule has 1 heterocycles. The Morgan fingerprint density at radius 2 is 1.75 bits per heavy atom. The quantitative estimate of drug-likeness (QED) is 0.762. The van der Waals surface area contributed by atoms with Gasteiger partial charge in [-0.15, -0.1) is 0 Å². The maximum absolute atomic E-state index is 11.8. The maximum Gasteiger partial charge on any atom is 0.287 e. The van der Waals surface area contributed by atoms with Crippen molar-refractivity contribution in [3.8, 4) is 5.75 Å². The van der Waals surface area contributed by atoms with Gasteiger partial charge < -0.3 is 19.8 Å². The van der Waals surface area contributed by atoms with Crippen LogP contribution in [-0.2, 0) is 4.79 Å². The molecule has 0 fully saturated rings. The minimum Gasteiger partial charge on any atom is -0.483 e. The van der Waals surface area contributed by atoms with E-state index in [0.717, 1.165) is 22.4 Å². The van der Waals surface area contributed by atoms with Crippen LogP contribution in [0.4, 0.5) is 0 Å². The molecule has 0 aliphatic carbocycles. The summed E-state index contributed by atoms with van der Waals surface area (Å²) in [5, 5.41) is 5.35. The van der Waals surface area contributed by atoms with Gasteiger partial charge in [0, 0.05) is 13.1 Å². The summed E-state index contributed by atoms with van der Waals surface area (Å²) >= 11 is 0. The van der Waals surface area contributed by atoms with Crippen LogP contribution in [0.5, 0.6) is 5.75 Å². The zero-order chi connectivity index (χ0) is 17.5. The first-order valence-electron chi connectivity index (χ1n) is 7.77. The molecule has 0 aliphatic rings. The van der Waals surface area contributed by atoms with Crippen molar-refractivity contribution in [1.29, 1.82) is 0 Å². The highest BCUT2D eigenvalue weighted by Crippen LogP contribution is 2.25. The third kappa shape index (κ3) is 4.62. The first-order valence-corrected chi connectivity index (χ1v) is 7.77. The number of rotatable bonds is 7. The zero-order valence-electron chi connectivity index (χ0n) is 14.1. The van der Waals surface area contributed by atoms with E-state index >= 15 is 0 Å². The number of carbonyl (C=O) groups excluding carboxylic acids is 2. The van der Waals surface area contributed by atoms with Crippen LogP contribution in [0.15, 0.2) is 34.9 Å². The molecule has 0 saturated heterocycles. The SMILES string of the molecule is Cc1ccc(C)c(OCC(=O)NCCNC(=O)c2ccco2)c1C. The van der Waals surface area contributed by atoms with Crippen LogP contribution in [0.25, 0.3) is 0 Å². The van der Waals surface area contributed by atoms with E-state index < -0.39 is 0 Å². The van der Waals surface area contributed by atoms with Crippen molar-refractivity contribution in [3.63, 3.8) is 0 Å². The molecule has 0 bridgehead atoms. The summed E-state index contributed by atoms with van der Waals surface area (Å²) in [7, 11) is 0. The summed E-state index contributed by atoms with van der Waals surface area (Å²) in [5.41, 5.74) is 3.15. The highest BCUT2D eigenvalue weighted by molar-refractivity contribution is 5.91. The number of amides is 2. The smallest absolute Gasteiger partial charge is 0.287 e. The van der Waals surface area contributed by atoms with E-state index in [0.29, 0.717) is 13.1 Å². The molecule has 1 aromatic heterocycles. The molecule has 2 rings (SSSR count). The minimum atomic E-state index is -0.309. The first-order chi connectivity index (χ1) is 11.5. The van der Waals surface area contributed by atoms with Crippen LogP contribution >= 0.6 is 0 Å². The molecule has 0 atom stereocenters. The second-order valence-electron chi connectivity index (χ2n) is 5.53. The summed E-state index contributed by atoms with van der Waals surface area (Å²) in [6.45, 7) is 6.50. The third-order valence-electron chi connectivity index (χ3n) is 3.70. The van der Waals surface area contributed by atoms with Crippen molar-refractivity contribution in [2.75, 3.05) is 19.7 Å². The summed E-state index contributed by atoms with van der Waals surface area (Å²) in [6.07, 6.45) is 1.43. The standard InChI is InChI=1S/C18H22N2O4/c1-12-6-7-13(2)17(14(12)3)24-11-16(21)19-8-9-20-18(22)15-5-4-10-23-15/h4-7,10H,8-9,11H2,1-3H3,(H,19,21)(H,20,22). The normalized spacial score (nSPS) is 10.3. The Morgan fingerprint density at radius 1 is 1.04 bits per heavy atom. The Labute approximate surface area is 141 Å². The number of ether oxygens (including phenoxy) is 1. The summed E-state index contributed by atoms with van der Waals surface area (Å²) in [6, 6.07) is 7.22. The minimum absolute atomic E-state index is 0.0583. The number of carbonyl (C=O) groups is 2. The van der Waals surface area contributed by atoms with Gasteiger partial charge in [-0.2, -0.15) is 0 Å². The third-order valence-corrected chi connectivity index (χ3v) is 3.70. The summed E-state index contributed by atoms with van der Waals surface area (Å²) in [4.78, 5) is 23.5. The van der Waals surface area contributed by atoms with Crippen molar-refractivity contribution in [1.82, 2.24) is 10.6 Å². The predicted octanol–water partition coefficient (Wildman–Crippen LogP) is 2.13. The average Bonchev–Trinajstić information content (AvgIpc) is 3.09. The van der Waals surface area contributed by atoms with E-state index in [1.807, 2.05) is 32.9 Å². The van der Waals surface area contributed by atoms with Gasteiger partial charge >= 0.3 is 0 Å². The molecule has 24 heavy (non-hydrogen) atoms. The molecule has 2 N–H and O–H groups in total. The number of nitrogens with one attached hydrogen (secondary N) is 2. The van der Waals surface area contributed by atoms with Crippen LogP contribution in [0.2, 0.25) is 0 Å². The van der Waals surface area contributed by atoms with Crippen LogP contribution < -0.4 is 15.4 Å². The Morgan fingerprint density at radius 3 is 2.46 bits per heavy atom. The lowest BCUT2D eigenvalue weighted by molar-refractivity contribution is -0.123. The van der Waals surface area contributed by atoms with E-state index in [1.54, 1.807) is 12.1 Å². The molecule has 0 saturated carbocycles. The molecular weight excluding hydrogens is 308 g/mol. The number of benzene rings is 1. The van der Waals surface area contributed by atoms with Gasteiger partial charge in [-0.3, -0.25) is 9.59 Å². The van der Waals surface area contributed by atoms with E-state index in [1.165, 1.54) is 6.26 Å². The number of aryl methyl sites for hydroxylation is 2. The van der Waals surface area contributed by atoms with Crippen LogP contribution in [0, 0.1) is 20.8 Å². The Hall–Kier alpha value is -2.76. The molecule has 2 aromatic rings. The Kier molecular flexibility index (Phi) is 6.01. The fourth-order valence-electron chi connectivity index (χ4n) is 2.21. The molecule has 0 spiro atoms. The van der Waals surface area contributed by atoms with E-state index in [4.69, 9.17) is 9.15 Å². The molecule has 0 aliphatic heterocycles. The van der Waals surface area contributed by atoms with Crippen molar-refractivity contribution in [3.05, 3.63) is 53.0 Å². The van der Waals surface area contributed by atoms with Crippen LogP contribution in [0.1, 0.15) is 27.2 Å². The average molecular weight is 330 g/mol. The fourth-order valence-corrected chi connectivity index (χ4v) is 2.21. The second-order valence-corrected chi connectivity index (χ2v) is 5.53. The van der Waals surface area contributed by atoms with Gasteiger partial charge in [0.15, 0.2) is 12.4 Å². The summed E-state index contributed by atoms with van der Waals surface area (Å²) < 4.78 is 10.6. The van der Waals surface area contributed by atoms with Gasteiger partial charge in [0.1, 0.15) is 5.75 Å². The Bertz CT molecular complexity index is 708. The largest absolute Gasteiger partial charge is 0.483 e. The van der Waals surface area contributed by atoms with Gasteiger partial charge in [0.2, 0.25) is 0 Å². The molecule has 128 valence electrons. The van der Waals surface area contributed by atoms with E-state index in [2.05, 4.69) is 10.6 Å². The molecule has 1 aromatic carbocycles. The van der Waals surface area contributed by atoms with E-state index in [-0.39, 0.29) is 24.2 Å². The van der Waals surface area contributed by atoms with Crippen molar-refractivity contribution in [2.24, 2.45) is 0 Å². The van der Waals surface area contributed by atoms with E-state index in [9.17, 15) is 9.59 Å². The van der Waals surface area contributed by atoms with Crippen molar-refractivity contribution < 1.29 is 18.7 Å². The molecule has 0 radical (unpaired) electrons. The molecular formula is C18H22N2O4. The van der Waals surface area contributed by atoms with Crippen molar-refractivity contribution in [2.45, 2.75) is 20.8 Å². The lowest BCUT2D eigenvalue weighted by Gasteiger charge is -2.14. The molecule has 0 unspecified atom stereocenters. The zero-order valence-corrected chi connectivity index (χ0v) is 14.1. The number of hydrogen-bond donors (Lipinski definition) is 2. The van der Waals surface area contributed by atoms with Crippen LogP contribution in [0.3, 0.4) is 0 Å². The van der Waals surface area contributed by atoms with Crippen molar-refractivity contribution >= 4 is 11.8 Å². The monoisotopic (exact) mass is 330 g/mol. The topological polar surface area (TPSA) is 80.6 Å². The molecule has 2 amide bonds. The number of hydrogen-bond acceptors (Lipinski definition) is 4. The highest BCUT2D eigenvalue weighted by atomic mass is 16.5. The maximum atomic E-state index is 11.8. The first kappa shape index (κ1) is 17.6. The van der Waals surface area contributed by atoms with Gasteiger partial charge in [0.05, 0.1) is 6.26 Å². The van der Waals surface area contributed by atoms with Gasteiger partial charge in [-0.1, -0.05) is 12.1 Å². The second kappa shape index (κ2) is 8.19. The lowest BCUT2D eigenvalue weighted by Crippen LogP contribution is -2.36. The molecule has 6 heteroatoms. The lowest BCUT2D eigenvalue weighted by atomic mass is 10.1. The van der Waals surface area contributed by atoms with Gasteiger partial charge in [-0.05, 0) is 49.6 Å².